The van der Waals surface area contributed by atoms with Crippen LogP contribution in [0.1, 0.15) is 6.92 Å². The van der Waals surface area contributed by atoms with E-state index >= 15 is 0 Å². The van der Waals surface area contributed by atoms with Crippen LogP contribution in [0.5, 0.6) is 0 Å². The van der Waals surface area contributed by atoms with Crippen LogP contribution in [0.3, 0.4) is 0 Å². The van der Waals surface area contributed by atoms with Crippen molar-refractivity contribution in [3.63, 3.8) is 0 Å². The first kappa shape index (κ1) is 8.17. The molecule has 2 nitrogen and oxygen atoms in total. The van der Waals surface area contributed by atoms with Crippen molar-refractivity contribution in [2.24, 2.45) is 0 Å². The van der Waals surface area contributed by atoms with Crippen LogP contribution in [0.25, 0.3) is 0 Å². The van der Waals surface area contributed by atoms with Crippen molar-refractivity contribution in [3.8, 4) is 0 Å². The van der Waals surface area contributed by atoms with Crippen molar-refractivity contribution in [1.29, 1.82) is 0 Å². The minimum atomic E-state index is -0.449. The first-order valence-corrected chi connectivity index (χ1v) is 2.62. The Morgan fingerprint density at radius 1 is 1.67 bits per heavy atom. The van der Waals surface area contributed by atoms with E-state index in [0.717, 1.165) is 0 Å². The molecule has 9 heavy (non-hydrogen) atoms. The van der Waals surface area contributed by atoms with Gasteiger partial charge in [0.2, 0.25) is 0 Å². The second kappa shape index (κ2) is 4.09. The summed E-state index contributed by atoms with van der Waals surface area (Å²) in [5.74, 6) is -0.449. The van der Waals surface area contributed by atoms with Crippen molar-refractivity contribution < 1.29 is 4.39 Å². The summed E-state index contributed by atoms with van der Waals surface area (Å²) >= 11 is 0. The summed E-state index contributed by atoms with van der Waals surface area (Å²) in [7, 11) is 1.71. The monoisotopic (exact) mass is 130 g/mol. The molecular formula is C6H11FN2. The van der Waals surface area contributed by atoms with E-state index in [1.807, 2.05) is 0 Å². The van der Waals surface area contributed by atoms with Crippen LogP contribution >= 0.6 is 0 Å². The Morgan fingerprint density at radius 2 is 2.22 bits per heavy atom. The highest BCUT2D eigenvalue weighted by Gasteiger charge is 1.84. The van der Waals surface area contributed by atoms with Crippen LogP contribution in [-0.2, 0) is 0 Å². The number of nitrogens with one attached hydrogen (secondary N) is 2. The summed E-state index contributed by atoms with van der Waals surface area (Å²) in [5.41, 5.74) is 6.03. The molecule has 0 aliphatic carbocycles. The fraction of sp³-hybridized carbons (Fsp3) is 0.333. The highest BCUT2D eigenvalue weighted by atomic mass is 19.1. The van der Waals surface area contributed by atoms with Gasteiger partial charge >= 0.3 is 0 Å². The molecule has 0 radical (unpaired) electrons. The van der Waals surface area contributed by atoms with Crippen molar-refractivity contribution in [3.05, 3.63) is 24.2 Å². The average Bonchev–Trinajstić information content (AvgIpc) is 1.63. The molecule has 3 heteroatoms. The maximum Gasteiger partial charge on any atom is 0.117 e. The molecule has 0 bridgehead atoms. The van der Waals surface area contributed by atoms with Gasteiger partial charge in [0.05, 0.1) is 0 Å². The quantitative estimate of drug-likeness (QED) is 0.441. The molecule has 0 spiro atoms. The Bertz CT molecular complexity index is 129. The van der Waals surface area contributed by atoms with Gasteiger partial charge in [-0.25, -0.2) is 9.82 Å². The van der Waals surface area contributed by atoms with E-state index in [1.165, 1.54) is 6.08 Å². The number of hydrogen-bond donors (Lipinski definition) is 2. The molecule has 0 saturated heterocycles. The predicted octanol–water partition coefficient (Wildman–Crippen LogP) is 1.10. The lowest BCUT2D eigenvalue weighted by Crippen LogP contribution is -2.25. The number of hydrogen-bond acceptors (Lipinski definition) is 2. The second-order valence-corrected chi connectivity index (χ2v) is 1.65. The van der Waals surface area contributed by atoms with Gasteiger partial charge in [-0.1, -0.05) is 6.58 Å². The fourth-order valence-electron chi connectivity index (χ4n) is 0.468. The fourth-order valence-corrected chi connectivity index (χ4v) is 0.468. The van der Waals surface area contributed by atoms with E-state index in [9.17, 15) is 4.39 Å². The van der Waals surface area contributed by atoms with E-state index in [-0.39, 0.29) is 0 Å². The molecule has 0 rings (SSSR count). The molecule has 0 unspecified atom stereocenters. The van der Waals surface area contributed by atoms with Crippen molar-refractivity contribution in [1.82, 2.24) is 10.9 Å². The lowest BCUT2D eigenvalue weighted by atomic mass is 10.4. The second-order valence-electron chi connectivity index (χ2n) is 1.65. The van der Waals surface area contributed by atoms with Gasteiger partial charge in [-0.2, -0.15) is 0 Å². The molecule has 2 N–H and O–H groups in total. The van der Waals surface area contributed by atoms with E-state index in [1.54, 1.807) is 14.0 Å². The first-order chi connectivity index (χ1) is 4.16. The summed E-state index contributed by atoms with van der Waals surface area (Å²) in [4.78, 5) is 0. The zero-order chi connectivity index (χ0) is 7.28. The highest BCUT2D eigenvalue weighted by Crippen LogP contribution is 1.95. The third kappa shape index (κ3) is 5.03. The number of hydrazine groups is 1. The standard InChI is InChI=1S/C6H11FN2/c1-5(7)4-6(2)9-8-3/h4,8-9H,1H2,2-3H3/b6-4+. The lowest BCUT2D eigenvalue weighted by molar-refractivity contribution is 0.651. The number of rotatable bonds is 3. The Morgan fingerprint density at radius 3 is 2.56 bits per heavy atom. The summed E-state index contributed by atoms with van der Waals surface area (Å²) in [5, 5.41) is 0. The van der Waals surface area contributed by atoms with Crippen LogP contribution in [0.4, 0.5) is 4.39 Å². The highest BCUT2D eigenvalue weighted by molar-refractivity contribution is 5.11. The molecule has 0 aromatic carbocycles. The number of allylic oxidation sites excluding steroid dienone is 3. The molecule has 0 aromatic heterocycles. The third-order valence-corrected chi connectivity index (χ3v) is 0.695. The zero-order valence-corrected chi connectivity index (χ0v) is 5.66. The predicted molar refractivity (Wildman–Crippen MR) is 36.2 cm³/mol. The van der Waals surface area contributed by atoms with Crippen molar-refractivity contribution >= 4 is 0 Å². The van der Waals surface area contributed by atoms with Gasteiger partial charge in [0.15, 0.2) is 0 Å². The van der Waals surface area contributed by atoms with Crippen LogP contribution in [0.2, 0.25) is 0 Å². The molecule has 0 saturated carbocycles. The van der Waals surface area contributed by atoms with Crippen molar-refractivity contribution in [2.45, 2.75) is 6.92 Å². The normalized spacial score (nSPS) is 11.2. The molecule has 0 heterocycles. The van der Waals surface area contributed by atoms with Crippen LogP contribution < -0.4 is 10.9 Å². The van der Waals surface area contributed by atoms with Gasteiger partial charge in [-0.3, -0.25) is 0 Å². The van der Waals surface area contributed by atoms with E-state index in [2.05, 4.69) is 17.4 Å². The number of halogens is 1. The molecule has 0 atom stereocenters. The molecule has 52 valence electrons. The van der Waals surface area contributed by atoms with Gasteiger partial charge in [-0.15, -0.1) is 0 Å². The SMILES string of the molecule is C=C(F)/C=C(\C)NNC. The Labute approximate surface area is 54.4 Å². The van der Waals surface area contributed by atoms with E-state index < -0.39 is 5.83 Å². The average molecular weight is 130 g/mol. The van der Waals surface area contributed by atoms with Crippen LogP contribution in [-0.4, -0.2) is 7.05 Å². The maximum absolute atomic E-state index is 11.9. The summed E-state index contributed by atoms with van der Waals surface area (Å²) < 4.78 is 11.9. The smallest absolute Gasteiger partial charge is 0.117 e. The summed E-state index contributed by atoms with van der Waals surface area (Å²) in [6.45, 7) is 4.80. The minimum absolute atomic E-state index is 0.449. The van der Waals surface area contributed by atoms with Crippen molar-refractivity contribution in [2.75, 3.05) is 7.05 Å². The molecular weight excluding hydrogens is 119 g/mol. The van der Waals surface area contributed by atoms with Gasteiger partial charge in [0.1, 0.15) is 5.83 Å². The topological polar surface area (TPSA) is 24.1 Å². The van der Waals surface area contributed by atoms with Crippen LogP contribution in [0.15, 0.2) is 24.2 Å². The Kier molecular flexibility index (Phi) is 3.71. The summed E-state index contributed by atoms with van der Waals surface area (Å²) in [6, 6.07) is 0. The van der Waals surface area contributed by atoms with E-state index in [0.29, 0.717) is 5.70 Å². The largest absolute Gasteiger partial charge is 0.326 e. The maximum atomic E-state index is 11.9. The zero-order valence-electron chi connectivity index (χ0n) is 5.66. The Hall–Kier alpha value is -0.830. The minimum Gasteiger partial charge on any atom is -0.326 e. The van der Waals surface area contributed by atoms with E-state index in [4.69, 9.17) is 0 Å². The lowest BCUT2D eigenvalue weighted by Gasteiger charge is -2.00. The van der Waals surface area contributed by atoms with Gasteiger partial charge in [-0.05, 0) is 13.0 Å². The van der Waals surface area contributed by atoms with Gasteiger partial charge in [0, 0.05) is 12.7 Å². The molecule has 0 amide bonds. The molecule has 0 aromatic rings. The van der Waals surface area contributed by atoms with Gasteiger partial charge < -0.3 is 5.43 Å². The summed E-state index contributed by atoms with van der Waals surface area (Å²) in [6.07, 6.45) is 1.30. The van der Waals surface area contributed by atoms with Gasteiger partial charge in [0.25, 0.3) is 0 Å². The molecule has 0 aliphatic heterocycles. The molecule has 0 fully saturated rings. The molecule has 0 aliphatic rings. The Balaban J connectivity index is 3.69. The van der Waals surface area contributed by atoms with Crippen LogP contribution in [0, 0.1) is 0 Å². The first-order valence-electron chi connectivity index (χ1n) is 2.62. The third-order valence-electron chi connectivity index (χ3n) is 0.695.